The standard InChI is InChI=1S/C15H19FN2O/c1-10-5-12-8-17-9-14(12)18(10)15(19)7-11-3-2-4-13(16)6-11/h2-4,6,10,12,14,17H,5,7-9H2,1H3. The lowest BCUT2D eigenvalue weighted by Crippen LogP contribution is -2.43. The molecule has 2 aliphatic heterocycles. The molecular weight excluding hydrogens is 243 g/mol. The highest BCUT2D eigenvalue weighted by Crippen LogP contribution is 2.32. The maximum absolute atomic E-state index is 13.2. The number of hydrogen-bond donors (Lipinski definition) is 1. The quantitative estimate of drug-likeness (QED) is 0.877. The Hall–Kier alpha value is -1.42. The number of halogens is 1. The van der Waals surface area contributed by atoms with Gasteiger partial charge in [-0.1, -0.05) is 12.1 Å². The Morgan fingerprint density at radius 2 is 2.32 bits per heavy atom. The van der Waals surface area contributed by atoms with Crippen molar-refractivity contribution in [1.29, 1.82) is 0 Å². The van der Waals surface area contributed by atoms with Crippen molar-refractivity contribution in [2.45, 2.75) is 31.8 Å². The molecule has 0 aliphatic carbocycles. The second-order valence-electron chi connectivity index (χ2n) is 5.68. The van der Waals surface area contributed by atoms with Crippen molar-refractivity contribution in [2.24, 2.45) is 5.92 Å². The molecule has 0 saturated carbocycles. The molecule has 3 unspecified atom stereocenters. The fourth-order valence-electron chi connectivity index (χ4n) is 3.51. The van der Waals surface area contributed by atoms with Gasteiger partial charge in [0, 0.05) is 25.2 Å². The van der Waals surface area contributed by atoms with E-state index in [4.69, 9.17) is 0 Å². The van der Waals surface area contributed by atoms with E-state index >= 15 is 0 Å². The minimum atomic E-state index is -0.278. The average Bonchev–Trinajstić information content (AvgIpc) is 2.88. The summed E-state index contributed by atoms with van der Waals surface area (Å²) in [7, 11) is 0. The normalized spacial score (nSPS) is 29.6. The fraction of sp³-hybridized carbons (Fsp3) is 0.533. The van der Waals surface area contributed by atoms with Crippen LogP contribution in [-0.4, -0.2) is 36.0 Å². The van der Waals surface area contributed by atoms with Crippen molar-refractivity contribution < 1.29 is 9.18 Å². The summed E-state index contributed by atoms with van der Waals surface area (Å²) in [6.45, 7) is 4.02. The Labute approximate surface area is 112 Å². The molecule has 3 nitrogen and oxygen atoms in total. The Morgan fingerprint density at radius 1 is 1.47 bits per heavy atom. The molecule has 19 heavy (non-hydrogen) atoms. The SMILES string of the molecule is CC1CC2CNCC2N1C(=O)Cc1cccc(F)c1. The van der Waals surface area contributed by atoms with Crippen LogP contribution in [-0.2, 0) is 11.2 Å². The van der Waals surface area contributed by atoms with Crippen LogP contribution >= 0.6 is 0 Å². The number of rotatable bonds is 2. The van der Waals surface area contributed by atoms with E-state index < -0.39 is 0 Å². The highest BCUT2D eigenvalue weighted by molar-refractivity contribution is 5.80. The molecule has 4 heteroatoms. The second kappa shape index (κ2) is 4.93. The van der Waals surface area contributed by atoms with E-state index in [-0.39, 0.29) is 11.7 Å². The molecule has 0 aromatic heterocycles. The van der Waals surface area contributed by atoms with Crippen LogP contribution in [0.15, 0.2) is 24.3 Å². The molecule has 1 aromatic carbocycles. The number of nitrogens with one attached hydrogen (secondary N) is 1. The summed E-state index contributed by atoms with van der Waals surface area (Å²) in [5.41, 5.74) is 0.756. The molecule has 2 saturated heterocycles. The van der Waals surface area contributed by atoms with Crippen LogP contribution in [0.3, 0.4) is 0 Å². The third-order valence-electron chi connectivity index (χ3n) is 4.31. The lowest BCUT2D eigenvalue weighted by Gasteiger charge is -2.27. The molecular formula is C15H19FN2O. The van der Waals surface area contributed by atoms with Gasteiger partial charge in [-0.25, -0.2) is 4.39 Å². The monoisotopic (exact) mass is 262 g/mol. The first kappa shape index (κ1) is 12.6. The van der Waals surface area contributed by atoms with Gasteiger partial charge in [0.05, 0.1) is 6.42 Å². The van der Waals surface area contributed by atoms with Crippen LogP contribution in [0.2, 0.25) is 0 Å². The number of amides is 1. The lowest BCUT2D eigenvalue weighted by molar-refractivity contribution is -0.133. The molecule has 0 spiro atoms. The van der Waals surface area contributed by atoms with Crippen molar-refractivity contribution in [2.75, 3.05) is 13.1 Å². The van der Waals surface area contributed by atoms with Gasteiger partial charge >= 0.3 is 0 Å². The first-order chi connectivity index (χ1) is 9.15. The van der Waals surface area contributed by atoms with Crippen LogP contribution in [0, 0.1) is 11.7 Å². The van der Waals surface area contributed by atoms with E-state index in [1.54, 1.807) is 6.07 Å². The van der Waals surface area contributed by atoms with E-state index in [0.717, 1.165) is 25.1 Å². The van der Waals surface area contributed by atoms with Gasteiger partial charge in [-0.15, -0.1) is 0 Å². The topological polar surface area (TPSA) is 32.3 Å². The number of likely N-dealkylation sites (tertiary alicyclic amines) is 1. The molecule has 102 valence electrons. The molecule has 2 heterocycles. The van der Waals surface area contributed by atoms with Gasteiger partial charge in [0.25, 0.3) is 0 Å². The smallest absolute Gasteiger partial charge is 0.227 e. The molecule has 0 bridgehead atoms. The van der Waals surface area contributed by atoms with E-state index in [1.807, 2.05) is 11.0 Å². The Morgan fingerprint density at radius 3 is 3.11 bits per heavy atom. The number of carbonyl (C=O) groups excluding carboxylic acids is 1. The maximum atomic E-state index is 13.2. The maximum Gasteiger partial charge on any atom is 0.227 e. The molecule has 2 aliphatic rings. The third kappa shape index (κ3) is 2.37. The molecule has 0 radical (unpaired) electrons. The second-order valence-corrected chi connectivity index (χ2v) is 5.68. The first-order valence-corrected chi connectivity index (χ1v) is 6.91. The number of hydrogen-bond acceptors (Lipinski definition) is 2. The van der Waals surface area contributed by atoms with Gasteiger partial charge in [0.15, 0.2) is 0 Å². The van der Waals surface area contributed by atoms with Crippen LogP contribution in [0.25, 0.3) is 0 Å². The zero-order valence-electron chi connectivity index (χ0n) is 11.1. The van der Waals surface area contributed by atoms with Gasteiger partial charge in [0.1, 0.15) is 5.82 Å². The van der Waals surface area contributed by atoms with Crippen LogP contribution in [0.4, 0.5) is 4.39 Å². The molecule has 3 rings (SSSR count). The summed E-state index contributed by atoms with van der Waals surface area (Å²) in [5, 5.41) is 3.35. The number of benzene rings is 1. The van der Waals surface area contributed by atoms with Gasteiger partial charge in [-0.3, -0.25) is 4.79 Å². The zero-order chi connectivity index (χ0) is 13.4. The molecule has 1 aromatic rings. The van der Waals surface area contributed by atoms with Crippen molar-refractivity contribution in [3.63, 3.8) is 0 Å². The lowest BCUT2D eigenvalue weighted by atomic mass is 10.0. The number of nitrogens with zero attached hydrogens (tertiary/aromatic N) is 1. The highest BCUT2D eigenvalue weighted by atomic mass is 19.1. The van der Waals surface area contributed by atoms with Crippen molar-refractivity contribution in [3.05, 3.63) is 35.6 Å². The van der Waals surface area contributed by atoms with Crippen LogP contribution in [0.5, 0.6) is 0 Å². The minimum absolute atomic E-state index is 0.120. The number of carbonyl (C=O) groups is 1. The van der Waals surface area contributed by atoms with Gasteiger partial charge in [-0.2, -0.15) is 0 Å². The summed E-state index contributed by atoms with van der Waals surface area (Å²) >= 11 is 0. The largest absolute Gasteiger partial charge is 0.335 e. The molecule has 1 N–H and O–H groups in total. The predicted molar refractivity (Wildman–Crippen MR) is 71.2 cm³/mol. The van der Waals surface area contributed by atoms with E-state index in [2.05, 4.69) is 12.2 Å². The minimum Gasteiger partial charge on any atom is -0.335 e. The predicted octanol–water partition coefficient (Wildman–Crippen LogP) is 1.58. The summed E-state index contributed by atoms with van der Waals surface area (Å²) < 4.78 is 13.2. The Kier molecular flexibility index (Phi) is 3.27. The molecule has 1 amide bonds. The van der Waals surface area contributed by atoms with E-state index in [1.165, 1.54) is 12.1 Å². The summed E-state index contributed by atoms with van der Waals surface area (Å²) in [4.78, 5) is 14.5. The Bertz CT molecular complexity index is 491. The average molecular weight is 262 g/mol. The van der Waals surface area contributed by atoms with Crippen molar-refractivity contribution in [3.8, 4) is 0 Å². The van der Waals surface area contributed by atoms with Crippen molar-refractivity contribution >= 4 is 5.91 Å². The van der Waals surface area contributed by atoms with Crippen LogP contribution in [0.1, 0.15) is 18.9 Å². The van der Waals surface area contributed by atoms with Gasteiger partial charge in [0.2, 0.25) is 5.91 Å². The third-order valence-corrected chi connectivity index (χ3v) is 4.31. The summed E-state index contributed by atoms with van der Waals surface area (Å²) in [6.07, 6.45) is 1.37. The van der Waals surface area contributed by atoms with Gasteiger partial charge in [-0.05, 0) is 37.0 Å². The van der Waals surface area contributed by atoms with Gasteiger partial charge < -0.3 is 10.2 Å². The molecule has 2 fully saturated rings. The first-order valence-electron chi connectivity index (χ1n) is 6.91. The molecule has 3 atom stereocenters. The highest BCUT2D eigenvalue weighted by Gasteiger charge is 2.43. The van der Waals surface area contributed by atoms with E-state index in [9.17, 15) is 9.18 Å². The summed E-state index contributed by atoms with van der Waals surface area (Å²) in [5.74, 6) is 0.431. The van der Waals surface area contributed by atoms with Crippen molar-refractivity contribution in [1.82, 2.24) is 10.2 Å². The Balaban J connectivity index is 1.73. The summed E-state index contributed by atoms with van der Waals surface area (Å²) in [6, 6.07) is 6.96. The zero-order valence-corrected chi connectivity index (χ0v) is 11.1. The van der Waals surface area contributed by atoms with E-state index in [0.29, 0.717) is 24.4 Å². The van der Waals surface area contributed by atoms with Crippen LogP contribution < -0.4 is 5.32 Å². The number of fused-ring (bicyclic) bond motifs is 1. The fourth-order valence-corrected chi connectivity index (χ4v) is 3.51.